The average molecular weight is 308 g/mol. The molecule has 0 aliphatic rings. The predicted molar refractivity (Wildman–Crippen MR) is 88.6 cm³/mol. The lowest BCUT2D eigenvalue weighted by Crippen LogP contribution is -2.22. The first-order chi connectivity index (χ1) is 10.8. The van der Waals surface area contributed by atoms with Crippen LogP contribution < -0.4 is 14.8 Å². The summed E-state index contributed by atoms with van der Waals surface area (Å²) in [6, 6.07) is 15.3. The fraction of sp³-hybridized carbons (Fsp3) is 0.0588. The Morgan fingerprint density at radius 1 is 1.14 bits per heavy atom. The molecule has 2 aromatic carbocycles. The first-order valence-electron chi connectivity index (χ1n) is 6.82. The van der Waals surface area contributed by atoms with Gasteiger partial charge >= 0.3 is 0 Å². The van der Waals surface area contributed by atoms with Crippen LogP contribution in [0.15, 0.2) is 53.3 Å². The second-order valence-electron chi connectivity index (χ2n) is 4.88. The van der Waals surface area contributed by atoms with Gasteiger partial charge in [0.2, 0.25) is 0 Å². The summed E-state index contributed by atoms with van der Waals surface area (Å²) >= 11 is 1.39. The quantitative estimate of drug-likeness (QED) is 0.571. The van der Waals surface area contributed by atoms with Crippen LogP contribution in [0.3, 0.4) is 0 Å². The molecule has 0 bridgehead atoms. The standard InChI is InChI=1S/C17H12N2O2S/c1-21-14-9-5-2-6-11(14)10-15-16(20)19-13-8-4-3-7-12(13)18-17(19)22-15/h2-10H,1H3/b15-10+. The molecule has 0 atom stereocenters. The number of fused-ring (bicyclic) bond motifs is 3. The Balaban J connectivity index is 2.02. The number of imidazole rings is 1. The summed E-state index contributed by atoms with van der Waals surface area (Å²) in [5, 5.41) is 0. The Kier molecular flexibility index (Phi) is 2.94. The third kappa shape index (κ3) is 1.90. The van der Waals surface area contributed by atoms with Crippen molar-refractivity contribution in [2.45, 2.75) is 0 Å². The van der Waals surface area contributed by atoms with Gasteiger partial charge in [-0.3, -0.25) is 4.79 Å². The minimum atomic E-state index is -0.0420. The molecular weight excluding hydrogens is 296 g/mol. The van der Waals surface area contributed by atoms with Crippen molar-refractivity contribution in [1.82, 2.24) is 9.38 Å². The molecule has 2 heterocycles. The highest BCUT2D eigenvalue weighted by molar-refractivity contribution is 7.15. The summed E-state index contributed by atoms with van der Waals surface area (Å²) in [6.07, 6.45) is 1.86. The summed E-state index contributed by atoms with van der Waals surface area (Å²) < 4.78 is 7.65. The molecule has 0 unspecified atom stereocenters. The minimum absolute atomic E-state index is 0.0420. The monoisotopic (exact) mass is 308 g/mol. The Hall–Kier alpha value is -2.66. The lowest BCUT2D eigenvalue weighted by Gasteiger charge is -2.02. The van der Waals surface area contributed by atoms with E-state index in [1.807, 2.05) is 54.6 Å². The molecule has 0 fully saturated rings. The molecule has 108 valence electrons. The number of para-hydroxylation sites is 3. The van der Waals surface area contributed by atoms with Crippen molar-refractivity contribution in [3.05, 3.63) is 69.0 Å². The van der Waals surface area contributed by atoms with E-state index in [-0.39, 0.29) is 5.56 Å². The smallest absolute Gasteiger partial charge is 0.274 e. The Bertz CT molecular complexity index is 1090. The first-order valence-corrected chi connectivity index (χ1v) is 7.64. The zero-order valence-electron chi connectivity index (χ0n) is 11.8. The van der Waals surface area contributed by atoms with E-state index in [1.54, 1.807) is 11.5 Å². The van der Waals surface area contributed by atoms with Crippen molar-refractivity contribution in [3.8, 4) is 5.75 Å². The zero-order chi connectivity index (χ0) is 15.1. The summed E-state index contributed by atoms with van der Waals surface area (Å²) in [5.74, 6) is 0.748. The highest BCUT2D eigenvalue weighted by Gasteiger charge is 2.10. The molecule has 0 radical (unpaired) electrons. The van der Waals surface area contributed by atoms with Gasteiger partial charge in [0.05, 0.1) is 22.7 Å². The Labute approximate surface area is 129 Å². The minimum Gasteiger partial charge on any atom is -0.496 e. The second kappa shape index (κ2) is 4.96. The third-order valence-electron chi connectivity index (χ3n) is 3.57. The normalized spacial score (nSPS) is 12.3. The van der Waals surface area contributed by atoms with Crippen LogP contribution in [0.2, 0.25) is 0 Å². The van der Waals surface area contributed by atoms with Gasteiger partial charge in [-0.1, -0.05) is 41.7 Å². The number of hydrogen-bond donors (Lipinski definition) is 0. The van der Waals surface area contributed by atoms with Gasteiger partial charge < -0.3 is 4.74 Å². The van der Waals surface area contributed by atoms with E-state index in [2.05, 4.69) is 4.98 Å². The molecular formula is C17H12N2O2S. The van der Waals surface area contributed by atoms with E-state index in [0.717, 1.165) is 22.3 Å². The number of hydrogen-bond acceptors (Lipinski definition) is 4. The van der Waals surface area contributed by atoms with Gasteiger partial charge in [-0.2, -0.15) is 0 Å². The Morgan fingerprint density at radius 2 is 1.91 bits per heavy atom. The summed E-state index contributed by atoms with van der Waals surface area (Å²) in [7, 11) is 1.62. The van der Waals surface area contributed by atoms with Crippen LogP contribution in [0.4, 0.5) is 0 Å². The van der Waals surface area contributed by atoms with Crippen molar-refractivity contribution >= 4 is 33.4 Å². The van der Waals surface area contributed by atoms with Gasteiger partial charge in [-0.25, -0.2) is 9.38 Å². The van der Waals surface area contributed by atoms with E-state index in [1.165, 1.54) is 11.3 Å². The van der Waals surface area contributed by atoms with Gasteiger partial charge in [0.25, 0.3) is 5.56 Å². The maximum absolute atomic E-state index is 12.7. The number of aromatic nitrogens is 2. The highest BCUT2D eigenvalue weighted by Crippen LogP contribution is 2.19. The number of nitrogens with zero attached hydrogens (tertiary/aromatic N) is 2. The molecule has 0 aliphatic heterocycles. The fourth-order valence-electron chi connectivity index (χ4n) is 2.54. The summed E-state index contributed by atoms with van der Waals surface area (Å²) in [4.78, 5) is 17.9. The van der Waals surface area contributed by atoms with Gasteiger partial charge in [-0.15, -0.1) is 0 Å². The first kappa shape index (κ1) is 13.0. The number of methoxy groups -OCH3 is 1. The molecule has 2 aromatic heterocycles. The van der Waals surface area contributed by atoms with Gasteiger partial charge in [0.15, 0.2) is 4.96 Å². The van der Waals surface area contributed by atoms with Crippen molar-refractivity contribution in [1.29, 1.82) is 0 Å². The molecule has 0 amide bonds. The van der Waals surface area contributed by atoms with Crippen LogP contribution in [0, 0.1) is 0 Å². The predicted octanol–water partition coefficient (Wildman–Crippen LogP) is 2.47. The Morgan fingerprint density at radius 3 is 2.77 bits per heavy atom. The van der Waals surface area contributed by atoms with Gasteiger partial charge in [0, 0.05) is 5.56 Å². The van der Waals surface area contributed by atoms with Crippen LogP contribution in [0.25, 0.3) is 22.1 Å². The van der Waals surface area contributed by atoms with E-state index >= 15 is 0 Å². The molecule has 0 saturated heterocycles. The van der Waals surface area contributed by atoms with Crippen LogP contribution in [-0.2, 0) is 0 Å². The van der Waals surface area contributed by atoms with Crippen LogP contribution in [-0.4, -0.2) is 16.5 Å². The molecule has 22 heavy (non-hydrogen) atoms. The molecule has 0 spiro atoms. The van der Waals surface area contributed by atoms with Crippen LogP contribution in [0.5, 0.6) is 5.75 Å². The molecule has 0 saturated carbocycles. The largest absolute Gasteiger partial charge is 0.496 e. The van der Waals surface area contributed by atoms with Gasteiger partial charge in [-0.05, 0) is 24.3 Å². The molecule has 0 N–H and O–H groups in total. The zero-order valence-corrected chi connectivity index (χ0v) is 12.6. The van der Waals surface area contributed by atoms with E-state index in [9.17, 15) is 4.79 Å². The summed E-state index contributed by atoms with van der Waals surface area (Å²) in [6.45, 7) is 0. The second-order valence-corrected chi connectivity index (χ2v) is 5.89. The molecule has 4 nitrogen and oxygen atoms in total. The number of rotatable bonds is 2. The fourth-order valence-corrected chi connectivity index (χ4v) is 3.52. The molecule has 4 aromatic rings. The maximum Gasteiger partial charge on any atom is 0.274 e. The van der Waals surface area contributed by atoms with Crippen LogP contribution >= 0.6 is 11.3 Å². The lowest BCUT2D eigenvalue weighted by atomic mass is 10.2. The van der Waals surface area contributed by atoms with E-state index < -0.39 is 0 Å². The van der Waals surface area contributed by atoms with Crippen molar-refractivity contribution < 1.29 is 4.74 Å². The van der Waals surface area contributed by atoms with Crippen LogP contribution in [0.1, 0.15) is 5.56 Å². The third-order valence-corrected chi connectivity index (χ3v) is 4.54. The average Bonchev–Trinajstić information content (AvgIpc) is 3.05. The topological polar surface area (TPSA) is 43.6 Å². The van der Waals surface area contributed by atoms with E-state index in [0.29, 0.717) is 9.49 Å². The van der Waals surface area contributed by atoms with Gasteiger partial charge in [0.1, 0.15) is 5.75 Å². The maximum atomic E-state index is 12.7. The SMILES string of the molecule is COc1ccccc1/C=c1/sc2nc3ccccc3n2c1=O. The lowest BCUT2D eigenvalue weighted by molar-refractivity contribution is 0.414. The van der Waals surface area contributed by atoms with Crippen molar-refractivity contribution in [2.24, 2.45) is 0 Å². The summed E-state index contributed by atoms with van der Waals surface area (Å²) in [5.41, 5.74) is 2.53. The number of benzene rings is 2. The highest BCUT2D eigenvalue weighted by atomic mass is 32.1. The van der Waals surface area contributed by atoms with Crippen molar-refractivity contribution in [2.75, 3.05) is 7.11 Å². The van der Waals surface area contributed by atoms with E-state index in [4.69, 9.17) is 4.74 Å². The molecule has 4 rings (SSSR count). The number of thiazole rings is 1. The molecule has 0 aliphatic carbocycles. The molecule has 5 heteroatoms. The number of ether oxygens (including phenoxy) is 1. The van der Waals surface area contributed by atoms with Crippen molar-refractivity contribution in [3.63, 3.8) is 0 Å².